The van der Waals surface area contributed by atoms with Gasteiger partial charge in [0.15, 0.2) is 0 Å². The summed E-state index contributed by atoms with van der Waals surface area (Å²) in [5, 5.41) is 15.0. The smallest absolute Gasteiger partial charge is 0.349 e. The number of esters is 1. The molecular weight excluding hydrogens is 451 g/mol. The molecule has 0 amide bonds. The minimum atomic E-state index is -2.14. The zero-order valence-corrected chi connectivity index (χ0v) is 17.8. The van der Waals surface area contributed by atoms with Gasteiger partial charge in [0.05, 0.1) is 27.9 Å². The Morgan fingerprint density at radius 3 is 2.26 bits per heavy atom. The zero-order chi connectivity index (χ0) is 20.6. The standard InChI is InChI=1S/C19H22NO4S2.BrH/c1-20(2)12-9-11(10-13(20)17-16(12)24-17)23-18(21)19(22,14-5-3-7-25-14)15-6-4-8-26-15;/h3-8,11-13,16-17,22H,9-10H2,1-2H3;1H/q+1;/p-1/t11?,12-,13+,16-,17+;/i1+1D3;/t11?,12-,13+,16-,17+,20?;. The molecule has 3 aliphatic heterocycles. The first-order valence-corrected chi connectivity index (χ1v) is 10.5. The van der Waals surface area contributed by atoms with Gasteiger partial charge in [-0.1, -0.05) is 12.1 Å². The second kappa shape index (κ2) is 6.64. The van der Waals surface area contributed by atoms with Gasteiger partial charge >= 0.3 is 5.97 Å². The third-order valence-corrected chi connectivity index (χ3v) is 7.99. The summed E-state index contributed by atoms with van der Waals surface area (Å²) < 4.78 is 35.6. The van der Waals surface area contributed by atoms with Crippen LogP contribution >= 0.6 is 22.7 Å². The van der Waals surface area contributed by atoms with Gasteiger partial charge in [0.25, 0.3) is 0 Å². The molecule has 0 spiro atoms. The fourth-order valence-corrected chi connectivity index (χ4v) is 6.29. The van der Waals surface area contributed by atoms with Crippen LogP contribution in [0.3, 0.4) is 0 Å². The van der Waals surface area contributed by atoms with E-state index in [1.807, 2.05) is 10.8 Å². The zero-order valence-electron chi connectivity index (χ0n) is 17.6. The molecule has 2 unspecified atom stereocenters. The van der Waals surface area contributed by atoms with Gasteiger partial charge in [0.1, 0.15) is 30.4 Å². The summed E-state index contributed by atoms with van der Waals surface area (Å²) in [7, 11) is 1.77. The van der Waals surface area contributed by atoms with Crippen molar-refractivity contribution >= 4 is 28.6 Å². The van der Waals surface area contributed by atoms with Gasteiger partial charge in [-0.3, -0.25) is 0 Å². The van der Waals surface area contributed by atoms with Crippen molar-refractivity contribution in [2.75, 3.05) is 14.0 Å². The molecule has 2 aromatic heterocycles. The lowest BCUT2D eigenvalue weighted by Gasteiger charge is -2.45. The molecule has 27 heavy (non-hydrogen) atoms. The summed E-state index contributed by atoms with van der Waals surface area (Å²) >= 11 is 2.60. The summed E-state index contributed by atoms with van der Waals surface area (Å²) in [6.07, 6.45) is 0.242. The number of ether oxygens (including phenoxy) is 2. The number of fused-ring (bicyclic) bond motifs is 5. The average Bonchev–Trinajstić information content (AvgIpc) is 3.04. The van der Waals surface area contributed by atoms with E-state index < -0.39 is 24.7 Å². The number of carbonyl (C=O) groups excluding carboxylic acids is 1. The Labute approximate surface area is 181 Å². The maximum Gasteiger partial charge on any atom is 0.349 e. The van der Waals surface area contributed by atoms with E-state index in [2.05, 4.69) is 0 Å². The van der Waals surface area contributed by atoms with Gasteiger partial charge in [-0.15, -0.1) is 22.7 Å². The van der Waals surface area contributed by atoms with Crippen molar-refractivity contribution in [3.8, 4) is 0 Å². The second-order valence-corrected chi connectivity index (χ2v) is 9.41. The number of rotatable bonds is 4. The molecule has 3 fully saturated rings. The minimum Gasteiger partial charge on any atom is -1.00 e. The van der Waals surface area contributed by atoms with E-state index in [4.69, 9.17) is 13.6 Å². The van der Waals surface area contributed by atoms with Crippen molar-refractivity contribution in [3.05, 3.63) is 44.8 Å². The number of nitrogens with zero attached hydrogens (tertiary/aromatic N) is 1. The number of morpholine rings is 1. The van der Waals surface area contributed by atoms with Crippen LogP contribution in [0.25, 0.3) is 0 Å². The average molecular weight is 476 g/mol. The molecular formula is C19H22BrNO4S2. The monoisotopic (exact) mass is 475 g/mol. The highest BCUT2D eigenvalue weighted by atomic mass is 79.9. The number of thiophene rings is 2. The lowest BCUT2D eigenvalue weighted by atomic mass is 9.96. The van der Waals surface area contributed by atoms with Gasteiger partial charge in [0, 0.05) is 12.8 Å². The summed E-state index contributed by atoms with van der Waals surface area (Å²) in [6, 6.07) is 6.55. The highest BCUT2D eigenvalue weighted by Gasteiger charge is 2.71. The molecule has 2 aromatic rings. The fraction of sp³-hybridized carbons (Fsp3) is 0.526. The van der Waals surface area contributed by atoms with Crippen molar-refractivity contribution in [1.29, 1.82) is 0 Å². The largest absolute Gasteiger partial charge is 1.00 e. The van der Waals surface area contributed by atoms with Crippen LogP contribution in [0, 0.1) is 0 Å². The normalized spacial score (nSPS) is 38.7. The Morgan fingerprint density at radius 1 is 1.26 bits per heavy atom. The maximum atomic E-state index is 13.2. The molecule has 3 saturated heterocycles. The van der Waals surface area contributed by atoms with Gasteiger partial charge in [-0.25, -0.2) is 4.79 Å². The van der Waals surface area contributed by atoms with Crippen molar-refractivity contribution in [1.82, 2.24) is 0 Å². The number of halogens is 1. The van der Waals surface area contributed by atoms with E-state index in [1.54, 1.807) is 31.3 Å². The molecule has 2 bridgehead atoms. The molecule has 0 aliphatic carbocycles. The molecule has 146 valence electrons. The van der Waals surface area contributed by atoms with E-state index in [0.717, 1.165) is 0 Å². The number of aliphatic hydroxyl groups is 1. The highest BCUT2D eigenvalue weighted by Crippen LogP contribution is 2.52. The van der Waals surface area contributed by atoms with Gasteiger partial charge in [-0.2, -0.15) is 0 Å². The van der Waals surface area contributed by atoms with Crippen molar-refractivity contribution in [3.63, 3.8) is 0 Å². The van der Waals surface area contributed by atoms with E-state index in [-0.39, 0.29) is 45.8 Å². The number of likely N-dealkylation sites (N-methyl/N-ethyl adjacent to an activating group) is 1. The quantitative estimate of drug-likeness (QED) is 0.276. The number of piperidine rings is 1. The Morgan fingerprint density at radius 2 is 1.81 bits per heavy atom. The first-order valence-electron chi connectivity index (χ1n) is 10.2. The third-order valence-electron chi connectivity index (χ3n) is 6.03. The lowest BCUT2D eigenvalue weighted by Crippen LogP contribution is -3.00. The van der Waals surface area contributed by atoms with Crippen LogP contribution in [0.5, 0.6) is 0 Å². The van der Waals surface area contributed by atoms with Crippen LogP contribution in [0.2, 0.25) is 0 Å². The molecule has 0 radical (unpaired) electrons. The molecule has 0 saturated carbocycles. The second-order valence-electron chi connectivity index (χ2n) is 7.51. The highest BCUT2D eigenvalue weighted by molar-refractivity contribution is 7.12. The number of carbonyl (C=O) groups is 1. The Hall–Kier alpha value is -0.770. The Bertz CT molecular complexity index is 869. The summed E-state index contributed by atoms with van der Waals surface area (Å²) in [4.78, 5) is 14.2. The van der Waals surface area contributed by atoms with Crippen LogP contribution < -0.4 is 17.0 Å². The van der Waals surface area contributed by atoms with Crippen LogP contribution in [0.4, 0.5) is 0 Å². The fourth-order valence-electron chi connectivity index (χ4n) is 4.58. The Balaban J connectivity index is 0.00000218. The first-order chi connectivity index (χ1) is 13.7. The minimum absolute atomic E-state index is 0. The molecule has 5 nitrogen and oxygen atoms in total. The summed E-state index contributed by atoms with van der Waals surface area (Å²) in [5.41, 5.74) is -1.85. The lowest BCUT2D eigenvalue weighted by molar-refractivity contribution is -0.938. The first kappa shape index (κ1) is 16.1. The number of quaternary nitrogens is 1. The molecule has 1 N–H and O–H groups in total. The van der Waals surface area contributed by atoms with E-state index in [0.29, 0.717) is 22.6 Å². The third kappa shape index (κ3) is 2.84. The molecule has 6 atom stereocenters. The summed E-state index contributed by atoms with van der Waals surface area (Å²) in [6.45, 7) is -2.14. The number of hydrogen-bond donors (Lipinski definition) is 1. The van der Waals surface area contributed by atoms with Crippen LogP contribution in [0.15, 0.2) is 35.0 Å². The van der Waals surface area contributed by atoms with Crippen LogP contribution in [-0.4, -0.2) is 60.0 Å². The SMILES string of the molecule is [2H][13C]([2H])([2H])[N+]1(C)[C@@H]2CC(OC(=O)C(O)(c3cccs3)c3cccs3)C[C@H]1[C@@H]1O[C@@H]12.[Br-]. The van der Waals surface area contributed by atoms with E-state index >= 15 is 0 Å². The molecule has 5 heterocycles. The number of hydrogen-bond acceptors (Lipinski definition) is 6. The van der Waals surface area contributed by atoms with Gasteiger partial charge in [-0.05, 0) is 22.9 Å². The van der Waals surface area contributed by atoms with E-state index in [1.165, 1.54) is 22.7 Å². The van der Waals surface area contributed by atoms with Crippen molar-refractivity contribution in [2.45, 2.75) is 48.8 Å². The number of epoxide rings is 1. The molecule has 3 aliphatic rings. The molecule has 8 heteroatoms. The van der Waals surface area contributed by atoms with Crippen molar-refractivity contribution in [2.24, 2.45) is 0 Å². The van der Waals surface area contributed by atoms with Crippen molar-refractivity contribution < 1.29 is 45.0 Å². The predicted octanol–water partition coefficient (Wildman–Crippen LogP) is -0.650. The topological polar surface area (TPSA) is 59.1 Å². The maximum absolute atomic E-state index is 13.2. The Kier molecular flexibility index (Phi) is 3.95. The van der Waals surface area contributed by atoms with E-state index in [9.17, 15) is 9.90 Å². The van der Waals surface area contributed by atoms with Gasteiger partial charge in [0.2, 0.25) is 5.60 Å². The molecule has 0 aromatic carbocycles. The predicted molar refractivity (Wildman–Crippen MR) is 99.1 cm³/mol. The van der Waals surface area contributed by atoms with Crippen LogP contribution in [0.1, 0.15) is 26.7 Å². The van der Waals surface area contributed by atoms with Gasteiger partial charge < -0.3 is 36.0 Å². The van der Waals surface area contributed by atoms with Crippen LogP contribution in [-0.2, 0) is 19.9 Å². The molecule has 5 rings (SSSR count). The summed E-state index contributed by atoms with van der Waals surface area (Å²) in [5.74, 6) is -0.702.